The van der Waals surface area contributed by atoms with Crippen molar-refractivity contribution in [1.29, 1.82) is 5.26 Å². The molecule has 4 rings (SSSR count). The number of alkyl halides is 3. The molecule has 0 aliphatic carbocycles. The van der Waals surface area contributed by atoms with Crippen LogP contribution >= 0.6 is 0 Å². The molecular weight excluding hydrogens is 491 g/mol. The number of piperidine rings is 2. The number of anilines is 1. The summed E-state index contributed by atoms with van der Waals surface area (Å²) >= 11 is 0. The molecule has 2 atom stereocenters. The van der Waals surface area contributed by atoms with Crippen LogP contribution in [0.25, 0.3) is 0 Å². The van der Waals surface area contributed by atoms with E-state index in [1.807, 2.05) is 17.9 Å². The average molecular weight is 530 g/mol. The number of nitriles is 1. The minimum atomic E-state index is -4.59. The van der Waals surface area contributed by atoms with Crippen LogP contribution in [0, 0.1) is 18.3 Å². The third-order valence-electron chi connectivity index (χ3n) is 8.29. The highest BCUT2D eigenvalue weighted by Crippen LogP contribution is 2.36. The van der Waals surface area contributed by atoms with Gasteiger partial charge >= 0.3 is 6.18 Å². The zero-order valence-corrected chi connectivity index (χ0v) is 22.5. The number of likely N-dealkylation sites (tertiary alicyclic amines) is 1. The minimum absolute atomic E-state index is 0.367. The summed E-state index contributed by atoms with van der Waals surface area (Å²) in [6.07, 6.45) is 0.509. The fourth-order valence-corrected chi connectivity index (χ4v) is 5.81. The van der Waals surface area contributed by atoms with Gasteiger partial charge in [-0.15, -0.1) is 0 Å². The molecule has 38 heavy (non-hydrogen) atoms. The molecule has 0 saturated carbocycles. The Bertz CT molecular complexity index is 1140. The van der Waals surface area contributed by atoms with Gasteiger partial charge in [-0.1, -0.05) is 18.6 Å². The van der Waals surface area contributed by atoms with E-state index in [1.165, 1.54) is 30.9 Å². The Hall–Kier alpha value is -2.76. The first kappa shape index (κ1) is 28.3. The van der Waals surface area contributed by atoms with Gasteiger partial charge in [0.15, 0.2) is 0 Å². The topological polar surface area (TPSA) is 59.7 Å². The van der Waals surface area contributed by atoms with Crippen molar-refractivity contribution in [1.82, 2.24) is 4.90 Å². The van der Waals surface area contributed by atoms with Gasteiger partial charge in [-0.3, -0.25) is 4.90 Å². The molecule has 0 spiro atoms. The summed E-state index contributed by atoms with van der Waals surface area (Å²) in [6, 6.07) is 12.9. The van der Waals surface area contributed by atoms with Gasteiger partial charge in [-0.2, -0.15) is 18.4 Å². The lowest BCUT2D eigenvalue weighted by atomic mass is 9.88. The summed E-state index contributed by atoms with van der Waals surface area (Å²) in [7, 11) is 0. The first-order chi connectivity index (χ1) is 18.0. The van der Waals surface area contributed by atoms with Crippen LogP contribution in [-0.4, -0.2) is 47.4 Å². The highest BCUT2D eigenvalue weighted by atomic mass is 19.4. The van der Waals surface area contributed by atoms with E-state index in [-0.39, 0.29) is 5.56 Å². The zero-order chi connectivity index (χ0) is 27.5. The van der Waals surface area contributed by atoms with Crippen LogP contribution in [0.1, 0.15) is 74.6 Å². The molecule has 2 saturated heterocycles. The Morgan fingerprint density at radius 1 is 1.08 bits per heavy atom. The molecule has 2 aliphatic rings. The normalized spacial score (nSPS) is 22.2. The lowest BCUT2D eigenvalue weighted by molar-refractivity contribution is -0.137. The van der Waals surface area contributed by atoms with Gasteiger partial charge in [0.05, 0.1) is 29.4 Å². The van der Waals surface area contributed by atoms with Crippen LogP contribution in [-0.2, 0) is 12.7 Å². The smallest absolute Gasteiger partial charge is 0.417 e. The van der Waals surface area contributed by atoms with Gasteiger partial charge in [0, 0.05) is 43.8 Å². The SMILES string of the molecule is Cc1cc(CN2[C@H](C)CCC[C@@H]2C)ccc1OCCC1(O)CCN(c2ccc(C#N)c(C(F)(F)F)c2)CC1. The van der Waals surface area contributed by atoms with Crippen LogP contribution in [0.15, 0.2) is 36.4 Å². The van der Waals surface area contributed by atoms with Crippen molar-refractivity contribution in [3.8, 4) is 11.8 Å². The Morgan fingerprint density at radius 2 is 1.76 bits per heavy atom. The number of aryl methyl sites for hydroxylation is 1. The molecule has 0 bridgehead atoms. The molecule has 2 aliphatic heterocycles. The molecule has 2 aromatic carbocycles. The van der Waals surface area contributed by atoms with Crippen LogP contribution in [0.5, 0.6) is 5.75 Å². The largest absolute Gasteiger partial charge is 0.493 e. The van der Waals surface area contributed by atoms with Crippen LogP contribution in [0.4, 0.5) is 18.9 Å². The van der Waals surface area contributed by atoms with E-state index in [4.69, 9.17) is 10.00 Å². The molecule has 5 nitrogen and oxygen atoms in total. The molecule has 2 heterocycles. The number of benzene rings is 2. The predicted molar refractivity (Wildman–Crippen MR) is 142 cm³/mol. The van der Waals surface area contributed by atoms with Crippen molar-refractivity contribution in [2.24, 2.45) is 0 Å². The van der Waals surface area contributed by atoms with Crippen LogP contribution in [0.2, 0.25) is 0 Å². The van der Waals surface area contributed by atoms with E-state index >= 15 is 0 Å². The van der Waals surface area contributed by atoms with Crippen molar-refractivity contribution in [3.63, 3.8) is 0 Å². The van der Waals surface area contributed by atoms with E-state index in [1.54, 1.807) is 12.1 Å². The Morgan fingerprint density at radius 3 is 2.37 bits per heavy atom. The number of hydrogen-bond acceptors (Lipinski definition) is 5. The summed E-state index contributed by atoms with van der Waals surface area (Å²) in [5, 5.41) is 20.1. The molecule has 2 aromatic rings. The van der Waals surface area contributed by atoms with Crippen LogP contribution in [0.3, 0.4) is 0 Å². The third-order valence-corrected chi connectivity index (χ3v) is 8.29. The molecule has 1 N–H and O–H groups in total. The van der Waals surface area contributed by atoms with Crippen molar-refractivity contribution in [2.45, 2.75) is 89.7 Å². The highest BCUT2D eigenvalue weighted by Gasteiger charge is 2.36. The molecule has 8 heteroatoms. The summed E-state index contributed by atoms with van der Waals surface area (Å²) in [4.78, 5) is 4.40. The number of nitrogens with zero attached hydrogens (tertiary/aromatic N) is 3. The third kappa shape index (κ3) is 6.62. The molecule has 0 amide bonds. The number of rotatable bonds is 7. The highest BCUT2D eigenvalue weighted by molar-refractivity contribution is 5.55. The second-order valence-corrected chi connectivity index (χ2v) is 11.1. The molecule has 0 aromatic heterocycles. The van der Waals surface area contributed by atoms with Crippen molar-refractivity contribution in [3.05, 3.63) is 58.7 Å². The predicted octanol–water partition coefficient (Wildman–Crippen LogP) is 6.45. The lowest BCUT2D eigenvalue weighted by Gasteiger charge is -2.39. The van der Waals surface area contributed by atoms with Gasteiger partial charge in [0.25, 0.3) is 0 Å². The molecule has 2 fully saturated rings. The molecule has 206 valence electrons. The van der Waals surface area contributed by atoms with Crippen molar-refractivity contribution >= 4 is 5.69 Å². The maximum Gasteiger partial charge on any atom is 0.417 e. The fourth-order valence-electron chi connectivity index (χ4n) is 5.81. The van der Waals surface area contributed by atoms with Gasteiger partial charge in [0.2, 0.25) is 0 Å². The van der Waals surface area contributed by atoms with Gasteiger partial charge in [-0.25, -0.2) is 0 Å². The van der Waals surface area contributed by atoms with Crippen molar-refractivity contribution < 1.29 is 23.0 Å². The first-order valence-corrected chi connectivity index (χ1v) is 13.6. The number of halogens is 3. The van der Waals surface area contributed by atoms with Crippen molar-refractivity contribution in [2.75, 3.05) is 24.6 Å². The summed E-state index contributed by atoms with van der Waals surface area (Å²) in [5.41, 5.74) is 0.531. The van der Waals surface area contributed by atoms with E-state index in [9.17, 15) is 18.3 Å². The fraction of sp³-hybridized carbons (Fsp3) is 0.567. The van der Waals surface area contributed by atoms with E-state index < -0.39 is 17.3 Å². The Balaban J connectivity index is 1.29. The van der Waals surface area contributed by atoms with Gasteiger partial charge < -0.3 is 14.7 Å². The Kier molecular flexibility index (Phi) is 8.59. The standard InChI is InChI=1S/C30H38F3N3O2/c1-21-17-24(20-36-22(2)5-4-6-23(36)3)7-10-28(21)38-16-13-29(37)11-14-35(15-12-29)26-9-8-25(19-34)27(18-26)30(31,32)33/h7-10,17-18,22-23,37H,4-6,11-16,20H2,1-3H3/t22-,23+. The monoisotopic (exact) mass is 529 g/mol. The van der Waals surface area contributed by atoms with Crippen LogP contribution < -0.4 is 9.64 Å². The summed E-state index contributed by atoms with van der Waals surface area (Å²) < 4.78 is 46.1. The summed E-state index contributed by atoms with van der Waals surface area (Å²) in [6.45, 7) is 8.82. The number of aliphatic hydroxyl groups is 1. The maximum atomic E-state index is 13.3. The zero-order valence-electron chi connectivity index (χ0n) is 22.5. The van der Waals surface area contributed by atoms with E-state index in [2.05, 4.69) is 30.9 Å². The van der Waals surface area contributed by atoms with E-state index in [0.717, 1.165) is 23.9 Å². The molecule has 0 unspecified atom stereocenters. The van der Waals surface area contributed by atoms with Gasteiger partial charge in [-0.05, 0) is 81.8 Å². The number of hydrogen-bond donors (Lipinski definition) is 1. The quantitative estimate of drug-likeness (QED) is 0.447. The van der Waals surface area contributed by atoms with Gasteiger partial charge in [0.1, 0.15) is 5.75 Å². The Labute approximate surface area is 223 Å². The second-order valence-electron chi connectivity index (χ2n) is 11.1. The minimum Gasteiger partial charge on any atom is -0.493 e. The summed E-state index contributed by atoms with van der Waals surface area (Å²) in [5.74, 6) is 0.812. The number of ether oxygens (including phenoxy) is 1. The molecule has 0 radical (unpaired) electrons. The molecular formula is C30H38F3N3O2. The first-order valence-electron chi connectivity index (χ1n) is 13.6. The second kappa shape index (κ2) is 11.5. The van der Waals surface area contributed by atoms with E-state index in [0.29, 0.717) is 56.7 Å². The average Bonchev–Trinajstić information content (AvgIpc) is 2.87. The lowest BCUT2D eigenvalue weighted by Crippen LogP contribution is -2.45. The maximum absolute atomic E-state index is 13.3.